The summed E-state index contributed by atoms with van der Waals surface area (Å²) in [7, 11) is 0. The third-order valence-electron chi connectivity index (χ3n) is 4.04. The van der Waals surface area contributed by atoms with Crippen molar-refractivity contribution >= 4 is 0 Å². The van der Waals surface area contributed by atoms with Gasteiger partial charge in [-0.2, -0.15) is 0 Å². The summed E-state index contributed by atoms with van der Waals surface area (Å²) in [6, 6.07) is 2.10. The number of hydrogen-bond donors (Lipinski definition) is 1. The number of benzene rings is 1. The van der Waals surface area contributed by atoms with Crippen molar-refractivity contribution in [2.45, 2.75) is 37.8 Å². The summed E-state index contributed by atoms with van der Waals surface area (Å²) < 4.78 is 45.9. The fourth-order valence-corrected chi connectivity index (χ4v) is 2.76. The smallest absolute Gasteiger partial charge is 0.161 e. The van der Waals surface area contributed by atoms with E-state index < -0.39 is 23.6 Å². The van der Waals surface area contributed by atoms with E-state index in [2.05, 4.69) is 5.32 Å². The Balaban J connectivity index is 1.79. The quantitative estimate of drug-likeness (QED) is 0.857. The molecular formula is C15H18F3NO. The van der Waals surface area contributed by atoms with Crippen molar-refractivity contribution in [3.8, 4) is 0 Å². The minimum absolute atomic E-state index is 0.101. The third-order valence-corrected chi connectivity index (χ3v) is 4.04. The van der Waals surface area contributed by atoms with Crippen LogP contribution in [0.2, 0.25) is 0 Å². The summed E-state index contributed by atoms with van der Waals surface area (Å²) in [5, 5.41) is 3.40. The minimum atomic E-state index is -1.16. The molecule has 3 rings (SSSR count). The first-order valence-electron chi connectivity index (χ1n) is 7.14. The molecule has 0 aromatic heterocycles. The van der Waals surface area contributed by atoms with E-state index in [9.17, 15) is 13.2 Å². The Morgan fingerprint density at radius 2 is 1.80 bits per heavy atom. The van der Waals surface area contributed by atoms with Crippen molar-refractivity contribution in [2.24, 2.45) is 5.92 Å². The summed E-state index contributed by atoms with van der Waals surface area (Å²) in [6.07, 6.45) is 3.68. The lowest BCUT2D eigenvalue weighted by molar-refractivity contribution is -0.0299. The molecule has 0 radical (unpaired) electrons. The predicted molar refractivity (Wildman–Crippen MR) is 68.8 cm³/mol. The fourth-order valence-electron chi connectivity index (χ4n) is 2.76. The first-order chi connectivity index (χ1) is 9.65. The zero-order valence-corrected chi connectivity index (χ0v) is 11.2. The Bertz CT molecular complexity index is 490. The van der Waals surface area contributed by atoms with Gasteiger partial charge in [0.1, 0.15) is 5.82 Å². The third kappa shape index (κ3) is 2.99. The second kappa shape index (κ2) is 5.74. The molecule has 2 fully saturated rings. The normalized spacial score (nSPS) is 26.8. The average molecular weight is 285 g/mol. The van der Waals surface area contributed by atoms with Crippen LogP contribution < -0.4 is 5.32 Å². The van der Waals surface area contributed by atoms with Crippen LogP contribution in [-0.2, 0) is 4.74 Å². The number of hydrogen-bond acceptors (Lipinski definition) is 2. The van der Waals surface area contributed by atoms with Crippen LogP contribution in [0.3, 0.4) is 0 Å². The Labute approximate surface area is 116 Å². The molecule has 1 aliphatic carbocycles. The van der Waals surface area contributed by atoms with E-state index in [-0.39, 0.29) is 11.5 Å². The molecule has 1 saturated carbocycles. The van der Waals surface area contributed by atoms with Crippen LogP contribution >= 0.6 is 0 Å². The van der Waals surface area contributed by atoms with Gasteiger partial charge in [-0.3, -0.25) is 0 Å². The van der Waals surface area contributed by atoms with Gasteiger partial charge in [0.25, 0.3) is 0 Å². The number of rotatable bonds is 4. The molecule has 20 heavy (non-hydrogen) atoms. The number of halogens is 3. The van der Waals surface area contributed by atoms with Gasteiger partial charge in [-0.25, -0.2) is 13.2 Å². The molecule has 2 atom stereocenters. The van der Waals surface area contributed by atoms with E-state index in [4.69, 9.17) is 4.74 Å². The zero-order valence-electron chi connectivity index (χ0n) is 11.2. The molecule has 2 unspecified atom stereocenters. The van der Waals surface area contributed by atoms with E-state index in [1.54, 1.807) is 0 Å². The molecule has 110 valence electrons. The van der Waals surface area contributed by atoms with Gasteiger partial charge in [0.05, 0.1) is 6.10 Å². The first-order valence-corrected chi connectivity index (χ1v) is 7.14. The SMILES string of the molecule is Fc1cc(F)c(C2OCCCC2CNC2CC2)cc1F. The van der Waals surface area contributed by atoms with Gasteiger partial charge >= 0.3 is 0 Å². The molecule has 2 aliphatic rings. The van der Waals surface area contributed by atoms with Crippen molar-refractivity contribution in [3.63, 3.8) is 0 Å². The molecule has 1 heterocycles. The molecule has 0 amide bonds. The monoisotopic (exact) mass is 285 g/mol. The van der Waals surface area contributed by atoms with Crippen LogP contribution in [0.1, 0.15) is 37.4 Å². The number of nitrogens with one attached hydrogen (secondary N) is 1. The Hall–Kier alpha value is -1.07. The number of ether oxygens (including phenoxy) is 1. The highest BCUT2D eigenvalue weighted by Crippen LogP contribution is 2.36. The van der Waals surface area contributed by atoms with Gasteiger partial charge in [-0.05, 0) is 31.7 Å². The first kappa shape index (κ1) is 13.9. The molecule has 1 aromatic rings. The van der Waals surface area contributed by atoms with Crippen LogP contribution in [0.4, 0.5) is 13.2 Å². The molecule has 0 bridgehead atoms. The van der Waals surface area contributed by atoms with Crippen LogP contribution in [0.5, 0.6) is 0 Å². The topological polar surface area (TPSA) is 21.3 Å². The van der Waals surface area contributed by atoms with Gasteiger partial charge < -0.3 is 10.1 Å². The summed E-state index contributed by atoms with van der Waals surface area (Å²) in [6.45, 7) is 1.26. The fraction of sp³-hybridized carbons (Fsp3) is 0.600. The summed E-state index contributed by atoms with van der Waals surface area (Å²) >= 11 is 0. The zero-order chi connectivity index (χ0) is 14.1. The van der Waals surface area contributed by atoms with E-state index in [1.807, 2.05) is 0 Å². The van der Waals surface area contributed by atoms with Gasteiger partial charge in [0.2, 0.25) is 0 Å². The van der Waals surface area contributed by atoms with E-state index in [1.165, 1.54) is 12.8 Å². The lowest BCUT2D eigenvalue weighted by atomic mass is 9.89. The van der Waals surface area contributed by atoms with Crippen LogP contribution in [0, 0.1) is 23.4 Å². The molecule has 0 spiro atoms. The summed E-state index contributed by atoms with van der Waals surface area (Å²) in [5.41, 5.74) is 0.131. The Morgan fingerprint density at radius 3 is 2.55 bits per heavy atom. The predicted octanol–water partition coefficient (Wildman–Crippen LogP) is 3.32. The Morgan fingerprint density at radius 1 is 1.05 bits per heavy atom. The van der Waals surface area contributed by atoms with Crippen LogP contribution in [-0.4, -0.2) is 19.2 Å². The Kier molecular flexibility index (Phi) is 3.98. The van der Waals surface area contributed by atoms with Crippen molar-refractivity contribution in [1.29, 1.82) is 0 Å². The van der Waals surface area contributed by atoms with Crippen molar-refractivity contribution in [1.82, 2.24) is 5.32 Å². The second-order valence-corrected chi connectivity index (χ2v) is 5.66. The highest BCUT2D eigenvalue weighted by Gasteiger charge is 2.32. The molecule has 1 aromatic carbocycles. The lowest BCUT2D eigenvalue weighted by Crippen LogP contribution is -2.33. The minimum Gasteiger partial charge on any atom is -0.373 e. The van der Waals surface area contributed by atoms with E-state index >= 15 is 0 Å². The van der Waals surface area contributed by atoms with Gasteiger partial charge in [0, 0.05) is 36.7 Å². The molecular weight excluding hydrogens is 267 g/mol. The maximum Gasteiger partial charge on any atom is 0.161 e. The van der Waals surface area contributed by atoms with Crippen molar-refractivity contribution < 1.29 is 17.9 Å². The van der Waals surface area contributed by atoms with Gasteiger partial charge in [0.15, 0.2) is 11.6 Å². The molecule has 1 N–H and O–H groups in total. The molecule has 1 saturated heterocycles. The van der Waals surface area contributed by atoms with E-state index in [0.29, 0.717) is 18.7 Å². The second-order valence-electron chi connectivity index (χ2n) is 5.66. The standard InChI is InChI=1S/C15H18F3NO/c16-12-7-14(18)13(17)6-11(12)15-9(2-1-5-20-15)8-19-10-3-4-10/h6-7,9-10,15,19H,1-5,8H2. The highest BCUT2D eigenvalue weighted by atomic mass is 19.2. The molecule has 1 aliphatic heterocycles. The van der Waals surface area contributed by atoms with Crippen molar-refractivity contribution in [2.75, 3.05) is 13.2 Å². The summed E-state index contributed by atoms with van der Waals surface area (Å²) in [5.74, 6) is -2.81. The largest absolute Gasteiger partial charge is 0.373 e. The average Bonchev–Trinajstić information content (AvgIpc) is 3.25. The summed E-state index contributed by atoms with van der Waals surface area (Å²) in [4.78, 5) is 0. The van der Waals surface area contributed by atoms with Crippen LogP contribution in [0.15, 0.2) is 12.1 Å². The van der Waals surface area contributed by atoms with Gasteiger partial charge in [-0.1, -0.05) is 0 Å². The molecule has 2 nitrogen and oxygen atoms in total. The lowest BCUT2D eigenvalue weighted by Gasteiger charge is -2.32. The maximum atomic E-state index is 13.9. The van der Waals surface area contributed by atoms with Gasteiger partial charge in [-0.15, -0.1) is 0 Å². The van der Waals surface area contributed by atoms with E-state index in [0.717, 1.165) is 25.5 Å². The molecule has 5 heteroatoms. The maximum absolute atomic E-state index is 13.9. The van der Waals surface area contributed by atoms with Crippen LogP contribution in [0.25, 0.3) is 0 Å². The van der Waals surface area contributed by atoms with Crippen molar-refractivity contribution in [3.05, 3.63) is 35.1 Å². The highest BCUT2D eigenvalue weighted by molar-refractivity contribution is 5.23.